The Hall–Kier alpha value is -2.77. The summed E-state index contributed by atoms with van der Waals surface area (Å²) in [6, 6.07) is 16.4. The van der Waals surface area contributed by atoms with Gasteiger partial charge in [0.05, 0.1) is 31.3 Å². The van der Waals surface area contributed by atoms with Crippen molar-refractivity contribution in [2.45, 2.75) is 11.4 Å². The number of nitrogens with zero attached hydrogens (tertiary/aromatic N) is 1. The first-order valence-corrected chi connectivity index (χ1v) is 10.4. The van der Waals surface area contributed by atoms with E-state index in [1.165, 1.54) is 61.0 Å². The Balaban J connectivity index is 2.12. The molecule has 5 nitrogen and oxygen atoms in total. The number of benzene rings is 3. The van der Waals surface area contributed by atoms with Gasteiger partial charge in [-0.1, -0.05) is 23.7 Å². The highest BCUT2D eigenvalue weighted by Crippen LogP contribution is 2.34. The number of hydrogen-bond donors (Lipinski definition) is 0. The zero-order valence-corrected chi connectivity index (χ0v) is 17.4. The first-order chi connectivity index (χ1) is 13.8. The van der Waals surface area contributed by atoms with Crippen molar-refractivity contribution in [3.63, 3.8) is 0 Å². The van der Waals surface area contributed by atoms with Gasteiger partial charge in [0.1, 0.15) is 5.82 Å². The minimum Gasteiger partial charge on any atom is -0.493 e. The van der Waals surface area contributed by atoms with Crippen LogP contribution in [0.4, 0.5) is 10.1 Å². The Morgan fingerprint density at radius 3 is 2.24 bits per heavy atom. The van der Waals surface area contributed by atoms with E-state index in [9.17, 15) is 12.8 Å². The van der Waals surface area contributed by atoms with E-state index in [0.717, 1.165) is 0 Å². The van der Waals surface area contributed by atoms with E-state index in [4.69, 9.17) is 21.1 Å². The standard InChI is InChI=1S/C21H19ClFNO4S/c1-27-20-11-8-18(13-21(20)28-2)24(14-15-4-3-5-17(23)12-15)29(25,26)19-9-6-16(22)7-10-19/h3-13H,14H2,1-2H3. The van der Waals surface area contributed by atoms with Gasteiger partial charge in [-0.25, -0.2) is 12.8 Å². The van der Waals surface area contributed by atoms with Gasteiger partial charge in [-0.3, -0.25) is 4.31 Å². The normalized spacial score (nSPS) is 11.2. The average Bonchev–Trinajstić information content (AvgIpc) is 2.71. The molecule has 0 saturated heterocycles. The molecule has 0 fully saturated rings. The molecule has 0 atom stereocenters. The van der Waals surface area contributed by atoms with E-state index in [1.54, 1.807) is 24.3 Å². The van der Waals surface area contributed by atoms with Gasteiger partial charge in [-0.2, -0.15) is 0 Å². The molecule has 0 radical (unpaired) electrons. The fourth-order valence-corrected chi connectivity index (χ4v) is 4.40. The molecule has 0 aromatic heterocycles. The van der Waals surface area contributed by atoms with E-state index in [-0.39, 0.29) is 11.4 Å². The van der Waals surface area contributed by atoms with E-state index < -0.39 is 15.8 Å². The molecule has 0 aliphatic carbocycles. The summed E-state index contributed by atoms with van der Waals surface area (Å²) in [6.45, 7) is -0.0712. The summed E-state index contributed by atoms with van der Waals surface area (Å²) in [5.41, 5.74) is 0.846. The van der Waals surface area contributed by atoms with Crippen LogP contribution < -0.4 is 13.8 Å². The minimum atomic E-state index is -3.97. The van der Waals surface area contributed by atoms with E-state index >= 15 is 0 Å². The molecule has 3 aromatic rings. The van der Waals surface area contributed by atoms with Crippen LogP contribution in [0.1, 0.15) is 5.56 Å². The number of rotatable bonds is 7. The minimum absolute atomic E-state index is 0.0630. The molecule has 0 N–H and O–H groups in total. The summed E-state index contributed by atoms with van der Waals surface area (Å²) in [5.74, 6) is 0.394. The highest BCUT2D eigenvalue weighted by molar-refractivity contribution is 7.92. The molecule has 3 aromatic carbocycles. The third kappa shape index (κ3) is 4.63. The van der Waals surface area contributed by atoms with Gasteiger partial charge in [0, 0.05) is 11.1 Å². The second-order valence-electron chi connectivity index (χ2n) is 6.13. The van der Waals surface area contributed by atoms with Gasteiger partial charge in [-0.05, 0) is 54.1 Å². The summed E-state index contributed by atoms with van der Waals surface area (Å²) in [6.07, 6.45) is 0. The maximum Gasteiger partial charge on any atom is 0.264 e. The molecule has 0 spiro atoms. The first-order valence-electron chi connectivity index (χ1n) is 8.60. The van der Waals surface area contributed by atoms with Crippen molar-refractivity contribution in [1.82, 2.24) is 0 Å². The Labute approximate surface area is 174 Å². The predicted octanol–water partition coefficient (Wildman–Crippen LogP) is 4.89. The lowest BCUT2D eigenvalue weighted by molar-refractivity contribution is 0.355. The van der Waals surface area contributed by atoms with Crippen LogP contribution in [0, 0.1) is 5.82 Å². The van der Waals surface area contributed by atoms with E-state index in [0.29, 0.717) is 27.8 Å². The molecule has 0 aliphatic rings. The van der Waals surface area contributed by atoms with Crippen molar-refractivity contribution in [3.05, 3.63) is 83.1 Å². The fraction of sp³-hybridized carbons (Fsp3) is 0.143. The lowest BCUT2D eigenvalue weighted by atomic mass is 10.2. The molecule has 0 aliphatic heterocycles. The van der Waals surface area contributed by atoms with E-state index in [1.807, 2.05) is 0 Å². The molecule has 29 heavy (non-hydrogen) atoms. The number of ether oxygens (including phenoxy) is 2. The number of sulfonamides is 1. The molecular weight excluding hydrogens is 417 g/mol. The smallest absolute Gasteiger partial charge is 0.264 e. The Bertz CT molecular complexity index is 1100. The predicted molar refractivity (Wildman–Crippen MR) is 111 cm³/mol. The van der Waals surface area contributed by atoms with E-state index in [2.05, 4.69) is 0 Å². The van der Waals surface area contributed by atoms with Crippen molar-refractivity contribution < 1.29 is 22.3 Å². The van der Waals surface area contributed by atoms with Crippen LogP contribution in [0.5, 0.6) is 11.5 Å². The molecule has 0 saturated carbocycles. The van der Waals surface area contributed by atoms with Gasteiger partial charge in [-0.15, -0.1) is 0 Å². The third-order valence-electron chi connectivity index (χ3n) is 4.27. The highest BCUT2D eigenvalue weighted by atomic mass is 35.5. The number of halogens is 2. The second-order valence-corrected chi connectivity index (χ2v) is 8.43. The Kier molecular flexibility index (Phi) is 6.30. The average molecular weight is 436 g/mol. The van der Waals surface area contributed by atoms with Gasteiger partial charge < -0.3 is 9.47 Å². The number of methoxy groups -OCH3 is 2. The zero-order valence-electron chi connectivity index (χ0n) is 15.8. The molecule has 0 heterocycles. The summed E-state index contributed by atoms with van der Waals surface area (Å²) < 4.78 is 52.2. The monoisotopic (exact) mass is 435 g/mol. The third-order valence-corrected chi connectivity index (χ3v) is 6.31. The van der Waals surface area contributed by atoms with Crippen LogP contribution in [-0.2, 0) is 16.6 Å². The van der Waals surface area contributed by atoms with Crippen LogP contribution in [0.25, 0.3) is 0 Å². The van der Waals surface area contributed by atoms with Crippen molar-refractivity contribution in [3.8, 4) is 11.5 Å². The molecule has 0 amide bonds. The molecular formula is C21H19ClFNO4S. The topological polar surface area (TPSA) is 55.8 Å². The lowest BCUT2D eigenvalue weighted by Gasteiger charge is -2.25. The van der Waals surface area contributed by atoms with Gasteiger partial charge in [0.2, 0.25) is 0 Å². The van der Waals surface area contributed by atoms with Crippen molar-refractivity contribution in [2.75, 3.05) is 18.5 Å². The van der Waals surface area contributed by atoms with Gasteiger partial charge >= 0.3 is 0 Å². The maximum atomic E-state index is 13.7. The summed E-state index contributed by atoms with van der Waals surface area (Å²) >= 11 is 5.90. The van der Waals surface area contributed by atoms with Gasteiger partial charge in [0.15, 0.2) is 11.5 Å². The van der Waals surface area contributed by atoms with Crippen LogP contribution in [0.2, 0.25) is 5.02 Å². The zero-order chi connectivity index (χ0) is 21.0. The number of hydrogen-bond acceptors (Lipinski definition) is 4. The second kappa shape index (κ2) is 8.71. The summed E-state index contributed by atoms with van der Waals surface area (Å²) in [5, 5.41) is 0.423. The SMILES string of the molecule is COc1ccc(N(Cc2cccc(F)c2)S(=O)(=O)c2ccc(Cl)cc2)cc1OC. The first kappa shape index (κ1) is 21.0. The molecule has 8 heteroatoms. The van der Waals surface area contributed by atoms with Crippen LogP contribution in [0.3, 0.4) is 0 Å². The van der Waals surface area contributed by atoms with Crippen LogP contribution >= 0.6 is 11.6 Å². The van der Waals surface area contributed by atoms with Crippen molar-refractivity contribution in [2.24, 2.45) is 0 Å². The molecule has 0 bridgehead atoms. The summed E-state index contributed by atoms with van der Waals surface area (Å²) in [7, 11) is -1.01. The quantitative estimate of drug-likeness (QED) is 0.530. The molecule has 0 unspecified atom stereocenters. The van der Waals surface area contributed by atoms with Crippen LogP contribution in [0.15, 0.2) is 71.6 Å². The molecule has 3 rings (SSSR count). The van der Waals surface area contributed by atoms with Crippen molar-refractivity contribution >= 4 is 27.3 Å². The largest absolute Gasteiger partial charge is 0.493 e. The number of anilines is 1. The maximum absolute atomic E-state index is 13.7. The fourth-order valence-electron chi connectivity index (χ4n) is 2.83. The van der Waals surface area contributed by atoms with Crippen LogP contribution in [-0.4, -0.2) is 22.6 Å². The highest BCUT2D eigenvalue weighted by Gasteiger charge is 2.26. The van der Waals surface area contributed by atoms with Gasteiger partial charge in [0.25, 0.3) is 10.0 Å². The lowest BCUT2D eigenvalue weighted by Crippen LogP contribution is -2.30. The Morgan fingerprint density at radius 1 is 0.931 bits per heavy atom. The summed E-state index contributed by atoms with van der Waals surface area (Å²) in [4.78, 5) is 0.0630. The van der Waals surface area contributed by atoms with Crippen molar-refractivity contribution in [1.29, 1.82) is 0 Å². The molecule has 152 valence electrons. The Morgan fingerprint density at radius 2 is 1.62 bits per heavy atom.